The minimum atomic E-state index is -3.11. The van der Waals surface area contributed by atoms with Crippen molar-refractivity contribution in [1.29, 1.82) is 0 Å². The predicted molar refractivity (Wildman–Crippen MR) is 82.4 cm³/mol. The van der Waals surface area contributed by atoms with Gasteiger partial charge < -0.3 is 5.32 Å². The first-order valence-corrected chi connectivity index (χ1v) is 8.70. The molecular weight excluding hydrogens is 379 g/mol. The van der Waals surface area contributed by atoms with Gasteiger partial charge in [0, 0.05) is 23.1 Å². The van der Waals surface area contributed by atoms with Crippen molar-refractivity contribution < 1.29 is 13.2 Å². The summed E-state index contributed by atoms with van der Waals surface area (Å²) in [5.74, 6) is 0.0387. The molecule has 0 aromatic heterocycles. The van der Waals surface area contributed by atoms with E-state index in [9.17, 15) is 13.2 Å². The third-order valence-electron chi connectivity index (χ3n) is 2.94. The van der Waals surface area contributed by atoms with Gasteiger partial charge in [-0.3, -0.25) is 4.79 Å². The number of hydrogen-bond donors (Lipinski definition) is 1. The number of carbonyl (C=O) groups is 1. The second-order valence-electron chi connectivity index (χ2n) is 4.35. The van der Waals surface area contributed by atoms with E-state index in [1.807, 2.05) is 24.3 Å². The molecular formula is C12H15IN2O3S. The van der Waals surface area contributed by atoms with E-state index in [4.69, 9.17) is 0 Å². The van der Waals surface area contributed by atoms with Gasteiger partial charge in [0.2, 0.25) is 15.9 Å². The molecule has 0 unspecified atom stereocenters. The third kappa shape index (κ3) is 3.90. The Labute approximate surface area is 126 Å². The van der Waals surface area contributed by atoms with Gasteiger partial charge in [0.1, 0.15) is 0 Å². The summed E-state index contributed by atoms with van der Waals surface area (Å²) in [5, 5.41) is 2.79. The van der Waals surface area contributed by atoms with Crippen molar-refractivity contribution in [3.05, 3.63) is 27.8 Å². The van der Waals surface area contributed by atoms with Crippen molar-refractivity contribution in [1.82, 2.24) is 4.31 Å². The molecule has 0 saturated carbocycles. The fourth-order valence-electron chi connectivity index (χ4n) is 1.94. The molecule has 0 atom stereocenters. The van der Waals surface area contributed by atoms with E-state index >= 15 is 0 Å². The van der Waals surface area contributed by atoms with Crippen LogP contribution in [-0.4, -0.2) is 37.5 Å². The molecule has 19 heavy (non-hydrogen) atoms. The lowest BCUT2D eigenvalue weighted by molar-refractivity contribution is -0.116. The fourth-order valence-corrected chi connectivity index (χ4v) is 3.99. The maximum atomic E-state index is 11.8. The molecule has 1 N–H and O–H groups in total. The highest BCUT2D eigenvalue weighted by atomic mass is 127. The van der Waals surface area contributed by atoms with Gasteiger partial charge in [-0.05, 0) is 41.1 Å². The molecule has 0 radical (unpaired) electrons. The molecule has 104 valence electrons. The Morgan fingerprint density at radius 1 is 1.37 bits per heavy atom. The summed E-state index contributed by atoms with van der Waals surface area (Å²) in [6, 6.07) is 7.48. The summed E-state index contributed by atoms with van der Waals surface area (Å²) in [5.41, 5.74) is 0.761. The van der Waals surface area contributed by atoms with Crippen molar-refractivity contribution in [2.45, 2.75) is 12.8 Å². The molecule has 7 heteroatoms. The van der Waals surface area contributed by atoms with E-state index in [0.29, 0.717) is 13.0 Å². The molecule has 2 rings (SSSR count). The Balaban J connectivity index is 1.87. The average Bonchev–Trinajstić information content (AvgIpc) is 2.69. The Bertz CT molecular complexity index is 574. The summed E-state index contributed by atoms with van der Waals surface area (Å²) < 4.78 is 25.5. The van der Waals surface area contributed by atoms with Crippen molar-refractivity contribution in [2.24, 2.45) is 0 Å². The van der Waals surface area contributed by atoms with Crippen molar-refractivity contribution in [3.63, 3.8) is 0 Å². The lowest BCUT2D eigenvalue weighted by atomic mass is 10.3. The minimum Gasteiger partial charge on any atom is -0.325 e. The second kappa shape index (κ2) is 6.19. The zero-order chi connectivity index (χ0) is 13.9. The first kappa shape index (κ1) is 14.7. The van der Waals surface area contributed by atoms with Crippen LogP contribution in [-0.2, 0) is 14.8 Å². The number of para-hydroxylation sites is 1. The number of rotatable bonds is 4. The molecule has 1 heterocycles. The van der Waals surface area contributed by atoms with Crippen molar-refractivity contribution in [2.75, 3.05) is 24.2 Å². The molecule has 1 fully saturated rings. The van der Waals surface area contributed by atoms with Crippen LogP contribution in [0.1, 0.15) is 12.8 Å². The first-order valence-electron chi connectivity index (χ1n) is 6.01. The van der Waals surface area contributed by atoms with Crippen LogP contribution < -0.4 is 5.32 Å². The summed E-state index contributed by atoms with van der Waals surface area (Å²) in [7, 11) is -3.11. The van der Waals surface area contributed by atoms with Crippen LogP contribution in [0, 0.1) is 3.57 Å². The topological polar surface area (TPSA) is 66.5 Å². The SMILES string of the molecule is O=C(CCN1CCCS1(=O)=O)Nc1ccccc1I. The van der Waals surface area contributed by atoms with Crippen LogP contribution >= 0.6 is 22.6 Å². The second-order valence-corrected chi connectivity index (χ2v) is 7.60. The Kier molecular flexibility index (Phi) is 4.80. The fraction of sp³-hybridized carbons (Fsp3) is 0.417. The number of nitrogens with one attached hydrogen (secondary N) is 1. The number of sulfonamides is 1. The van der Waals surface area contributed by atoms with Crippen LogP contribution in [0.25, 0.3) is 0 Å². The van der Waals surface area contributed by atoms with Gasteiger partial charge in [-0.2, -0.15) is 0 Å². The first-order chi connectivity index (χ1) is 8.99. The Hall–Kier alpha value is -0.670. The van der Waals surface area contributed by atoms with Crippen LogP contribution in [0.2, 0.25) is 0 Å². The molecule has 1 aromatic carbocycles. The average molecular weight is 394 g/mol. The molecule has 1 saturated heterocycles. The Morgan fingerprint density at radius 2 is 2.11 bits per heavy atom. The third-order valence-corrected chi connectivity index (χ3v) is 5.84. The summed E-state index contributed by atoms with van der Waals surface area (Å²) in [4.78, 5) is 11.8. The number of nitrogens with zero attached hydrogens (tertiary/aromatic N) is 1. The number of hydrogen-bond acceptors (Lipinski definition) is 3. The summed E-state index contributed by atoms with van der Waals surface area (Å²) >= 11 is 2.14. The standard InChI is InChI=1S/C12H15IN2O3S/c13-10-4-1-2-5-11(10)14-12(16)6-8-15-7-3-9-19(15,17)18/h1-2,4-5H,3,6-9H2,(H,14,16). The predicted octanol–water partition coefficient (Wildman–Crippen LogP) is 1.66. The van der Waals surface area contributed by atoms with Gasteiger partial charge in [-0.25, -0.2) is 12.7 Å². The Morgan fingerprint density at radius 3 is 2.74 bits per heavy atom. The van der Waals surface area contributed by atoms with Crippen LogP contribution in [0.3, 0.4) is 0 Å². The van der Waals surface area contributed by atoms with Gasteiger partial charge >= 0.3 is 0 Å². The van der Waals surface area contributed by atoms with Crippen molar-refractivity contribution >= 4 is 44.2 Å². The van der Waals surface area contributed by atoms with Gasteiger partial charge in [0.25, 0.3) is 0 Å². The molecule has 1 amide bonds. The molecule has 5 nitrogen and oxygen atoms in total. The monoisotopic (exact) mass is 394 g/mol. The smallest absolute Gasteiger partial charge is 0.225 e. The highest BCUT2D eigenvalue weighted by molar-refractivity contribution is 14.1. The molecule has 1 aliphatic rings. The highest BCUT2D eigenvalue weighted by Crippen LogP contribution is 2.18. The van der Waals surface area contributed by atoms with E-state index in [0.717, 1.165) is 9.26 Å². The van der Waals surface area contributed by atoms with E-state index < -0.39 is 10.0 Å². The van der Waals surface area contributed by atoms with E-state index in [1.165, 1.54) is 4.31 Å². The molecule has 0 aliphatic carbocycles. The molecule has 0 spiro atoms. The summed E-state index contributed by atoms with van der Waals surface area (Å²) in [6.45, 7) is 0.788. The minimum absolute atomic E-state index is 0.161. The van der Waals surface area contributed by atoms with Gasteiger partial charge in [0.15, 0.2) is 0 Å². The van der Waals surface area contributed by atoms with E-state index in [-0.39, 0.29) is 24.6 Å². The molecule has 1 aromatic rings. The maximum absolute atomic E-state index is 11.8. The zero-order valence-electron chi connectivity index (χ0n) is 10.3. The quantitative estimate of drug-likeness (QED) is 0.790. The van der Waals surface area contributed by atoms with Crippen LogP contribution in [0.4, 0.5) is 5.69 Å². The molecule has 1 aliphatic heterocycles. The number of anilines is 1. The maximum Gasteiger partial charge on any atom is 0.225 e. The lowest BCUT2D eigenvalue weighted by Gasteiger charge is -2.14. The number of halogens is 1. The highest BCUT2D eigenvalue weighted by Gasteiger charge is 2.28. The van der Waals surface area contributed by atoms with E-state index in [2.05, 4.69) is 27.9 Å². The van der Waals surface area contributed by atoms with Crippen LogP contribution in [0.5, 0.6) is 0 Å². The number of carbonyl (C=O) groups excluding carboxylic acids is 1. The number of benzene rings is 1. The molecule has 0 bridgehead atoms. The lowest BCUT2D eigenvalue weighted by Crippen LogP contribution is -2.29. The zero-order valence-corrected chi connectivity index (χ0v) is 13.3. The number of amides is 1. The van der Waals surface area contributed by atoms with Crippen LogP contribution in [0.15, 0.2) is 24.3 Å². The normalized spacial score (nSPS) is 18.4. The summed E-state index contributed by atoms with van der Waals surface area (Å²) in [6.07, 6.45) is 0.838. The van der Waals surface area contributed by atoms with Gasteiger partial charge in [-0.15, -0.1) is 0 Å². The van der Waals surface area contributed by atoms with Gasteiger partial charge in [-0.1, -0.05) is 12.1 Å². The van der Waals surface area contributed by atoms with E-state index in [1.54, 1.807) is 0 Å². The van der Waals surface area contributed by atoms with Gasteiger partial charge in [0.05, 0.1) is 11.4 Å². The van der Waals surface area contributed by atoms with Crippen molar-refractivity contribution in [3.8, 4) is 0 Å². The largest absolute Gasteiger partial charge is 0.325 e.